The van der Waals surface area contributed by atoms with Crippen molar-refractivity contribution in [2.45, 2.75) is 65.1 Å². The second-order valence-electron chi connectivity index (χ2n) is 10.7. The van der Waals surface area contributed by atoms with Gasteiger partial charge in [0.1, 0.15) is 0 Å². The molecule has 0 spiro atoms. The first-order valence-electron chi connectivity index (χ1n) is 12.1. The number of aryl methyl sites for hydroxylation is 1. The van der Waals surface area contributed by atoms with Gasteiger partial charge in [0, 0.05) is 48.7 Å². The van der Waals surface area contributed by atoms with Crippen LogP contribution in [0.3, 0.4) is 0 Å². The molecule has 3 aliphatic heterocycles. The van der Waals surface area contributed by atoms with E-state index in [1.165, 1.54) is 54.6 Å². The van der Waals surface area contributed by atoms with E-state index in [9.17, 15) is 4.79 Å². The molecule has 0 bridgehead atoms. The minimum absolute atomic E-state index is 0.297. The van der Waals surface area contributed by atoms with Gasteiger partial charge in [-0.2, -0.15) is 0 Å². The maximum atomic E-state index is 13.2. The zero-order chi connectivity index (χ0) is 21.9. The fourth-order valence-electron chi connectivity index (χ4n) is 5.80. The van der Waals surface area contributed by atoms with Gasteiger partial charge in [-0.25, -0.2) is 0 Å². The number of likely N-dealkylation sites (tertiary alicyclic amines) is 1. The highest BCUT2D eigenvalue weighted by Crippen LogP contribution is 2.46. The number of amides is 1. The van der Waals surface area contributed by atoms with E-state index in [4.69, 9.17) is 4.99 Å². The van der Waals surface area contributed by atoms with Crippen molar-refractivity contribution in [1.29, 1.82) is 0 Å². The van der Waals surface area contributed by atoms with Crippen molar-refractivity contribution in [2.75, 3.05) is 19.6 Å². The van der Waals surface area contributed by atoms with Gasteiger partial charge in [0.05, 0.1) is 18.7 Å². The number of aliphatic imine (C=N–C) groups is 1. The molecule has 5 nitrogen and oxygen atoms in total. The number of carbonyl (C=O) groups is 1. The summed E-state index contributed by atoms with van der Waals surface area (Å²) in [6.45, 7) is 9.28. The molecule has 0 unspecified atom stereocenters. The molecule has 0 N–H and O–H groups in total. The SMILES string of the molecule is Cc1cc(C2=NCc3cc4c(cc32)CN([C@@H]2CCCN(CC3(C)CC3)C2)C(=O)C4)ccn1. The van der Waals surface area contributed by atoms with E-state index < -0.39 is 0 Å². The Labute approximate surface area is 190 Å². The van der Waals surface area contributed by atoms with Crippen LogP contribution >= 0.6 is 0 Å². The van der Waals surface area contributed by atoms with Crippen molar-refractivity contribution in [3.05, 3.63) is 64.0 Å². The first-order chi connectivity index (χ1) is 15.5. The predicted molar refractivity (Wildman–Crippen MR) is 126 cm³/mol. The summed E-state index contributed by atoms with van der Waals surface area (Å²) < 4.78 is 0. The maximum absolute atomic E-state index is 13.2. The van der Waals surface area contributed by atoms with Crippen LogP contribution in [0.5, 0.6) is 0 Å². The summed E-state index contributed by atoms with van der Waals surface area (Å²) in [5, 5.41) is 0. The van der Waals surface area contributed by atoms with Crippen LogP contribution in [0.15, 0.2) is 35.5 Å². The smallest absolute Gasteiger partial charge is 0.227 e. The Bertz CT molecular complexity index is 1120. The van der Waals surface area contributed by atoms with Crippen LogP contribution in [0.4, 0.5) is 0 Å². The Morgan fingerprint density at radius 1 is 1.16 bits per heavy atom. The molecule has 1 amide bonds. The standard InChI is InChI=1S/C27H32N4O/c1-18-10-19(5-8-28-18)26-24-12-22-15-31(25(32)13-20(22)11-21(24)14-29-26)23-4-3-9-30(16-23)17-27(2)6-7-27/h5,8,10-12,23H,3-4,6-7,9,13-17H2,1-2H3/t23-/m1/s1. The molecule has 166 valence electrons. The number of pyridine rings is 1. The van der Waals surface area contributed by atoms with Crippen molar-refractivity contribution in [1.82, 2.24) is 14.8 Å². The molecule has 2 aromatic rings. The quantitative estimate of drug-likeness (QED) is 0.742. The maximum Gasteiger partial charge on any atom is 0.227 e. The highest BCUT2D eigenvalue weighted by Gasteiger charge is 2.40. The lowest BCUT2D eigenvalue weighted by molar-refractivity contribution is -0.135. The van der Waals surface area contributed by atoms with E-state index in [0.29, 0.717) is 30.3 Å². The van der Waals surface area contributed by atoms with Crippen molar-refractivity contribution in [2.24, 2.45) is 10.4 Å². The molecule has 2 fully saturated rings. The summed E-state index contributed by atoms with van der Waals surface area (Å²) in [6.07, 6.45) is 7.43. The molecule has 1 aromatic carbocycles. The molecular weight excluding hydrogens is 396 g/mol. The van der Waals surface area contributed by atoms with Gasteiger partial charge in [0.2, 0.25) is 5.91 Å². The number of aromatic nitrogens is 1. The van der Waals surface area contributed by atoms with Crippen LogP contribution in [0.1, 0.15) is 66.1 Å². The number of hydrogen-bond donors (Lipinski definition) is 0. The largest absolute Gasteiger partial charge is 0.334 e. The van der Waals surface area contributed by atoms with E-state index in [1.807, 2.05) is 19.2 Å². The summed E-state index contributed by atoms with van der Waals surface area (Å²) in [7, 11) is 0. The van der Waals surface area contributed by atoms with Gasteiger partial charge in [-0.05, 0) is 79.5 Å². The van der Waals surface area contributed by atoms with Crippen molar-refractivity contribution in [3.8, 4) is 0 Å². The zero-order valence-corrected chi connectivity index (χ0v) is 19.2. The number of fused-ring (bicyclic) bond motifs is 2. The van der Waals surface area contributed by atoms with Gasteiger partial charge in [0.15, 0.2) is 0 Å². The van der Waals surface area contributed by atoms with Crippen molar-refractivity contribution in [3.63, 3.8) is 0 Å². The van der Waals surface area contributed by atoms with Crippen LogP contribution in [0.2, 0.25) is 0 Å². The molecule has 6 rings (SSSR count). The molecule has 32 heavy (non-hydrogen) atoms. The Hall–Kier alpha value is -2.53. The minimum atomic E-state index is 0.297. The Morgan fingerprint density at radius 2 is 2.03 bits per heavy atom. The molecule has 5 heteroatoms. The molecule has 1 aliphatic carbocycles. The molecule has 1 atom stereocenters. The summed E-state index contributed by atoms with van der Waals surface area (Å²) in [6, 6.07) is 9.06. The topological polar surface area (TPSA) is 48.8 Å². The molecule has 1 saturated carbocycles. The van der Waals surface area contributed by atoms with E-state index in [-0.39, 0.29) is 0 Å². The Balaban J connectivity index is 1.24. The average Bonchev–Trinajstić information content (AvgIpc) is 3.35. The van der Waals surface area contributed by atoms with Crippen LogP contribution in [0.25, 0.3) is 0 Å². The summed E-state index contributed by atoms with van der Waals surface area (Å²) in [5.41, 5.74) is 8.72. The molecule has 0 radical (unpaired) electrons. The van der Waals surface area contributed by atoms with Gasteiger partial charge < -0.3 is 9.80 Å². The third kappa shape index (κ3) is 3.66. The summed E-state index contributed by atoms with van der Waals surface area (Å²) in [5.74, 6) is 0.297. The number of nitrogens with zero attached hydrogens (tertiary/aromatic N) is 4. The number of piperidine rings is 1. The van der Waals surface area contributed by atoms with Crippen LogP contribution in [-0.2, 0) is 24.3 Å². The van der Waals surface area contributed by atoms with E-state index >= 15 is 0 Å². The van der Waals surface area contributed by atoms with Crippen molar-refractivity contribution < 1.29 is 4.79 Å². The van der Waals surface area contributed by atoms with Crippen molar-refractivity contribution >= 4 is 11.6 Å². The zero-order valence-electron chi connectivity index (χ0n) is 19.2. The Morgan fingerprint density at radius 3 is 2.84 bits per heavy atom. The fraction of sp³-hybridized carbons (Fsp3) is 0.519. The molecule has 1 saturated heterocycles. The molecule has 1 aromatic heterocycles. The predicted octanol–water partition coefficient (Wildman–Crippen LogP) is 3.89. The molecule has 4 aliphatic rings. The van der Waals surface area contributed by atoms with Crippen LogP contribution in [-0.4, -0.2) is 52.1 Å². The van der Waals surface area contributed by atoms with Crippen LogP contribution < -0.4 is 0 Å². The van der Waals surface area contributed by atoms with Crippen LogP contribution in [0, 0.1) is 12.3 Å². The normalized spacial score (nSPS) is 24.2. The average molecular weight is 429 g/mol. The monoisotopic (exact) mass is 428 g/mol. The number of rotatable bonds is 4. The van der Waals surface area contributed by atoms with Gasteiger partial charge in [-0.1, -0.05) is 13.0 Å². The lowest BCUT2D eigenvalue weighted by Gasteiger charge is -2.42. The Kier molecular flexibility index (Phi) is 4.72. The highest BCUT2D eigenvalue weighted by molar-refractivity contribution is 6.15. The molecule has 4 heterocycles. The van der Waals surface area contributed by atoms with E-state index in [0.717, 1.165) is 36.5 Å². The lowest BCUT2D eigenvalue weighted by Crippen LogP contribution is -2.52. The fourth-order valence-corrected chi connectivity index (χ4v) is 5.80. The first-order valence-corrected chi connectivity index (χ1v) is 12.1. The third-order valence-corrected chi connectivity index (χ3v) is 7.89. The van der Waals surface area contributed by atoms with Gasteiger partial charge in [-0.3, -0.25) is 14.8 Å². The summed E-state index contributed by atoms with van der Waals surface area (Å²) >= 11 is 0. The third-order valence-electron chi connectivity index (χ3n) is 7.89. The van der Waals surface area contributed by atoms with E-state index in [2.05, 4.69) is 39.9 Å². The number of carbonyl (C=O) groups excluding carboxylic acids is 1. The van der Waals surface area contributed by atoms with Gasteiger partial charge in [-0.15, -0.1) is 0 Å². The number of hydrogen-bond acceptors (Lipinski definition) is 4. The minimum Gasteiger partial charge on any atom is -0.334 e. The number of benzene rings is 1. The first kappa shape index (κ1) is 20.1. The van der Waals surface area contributed by atoms with Gasteiger partial charge in [0.25, 0.3) is 0 Å². The van der Waals surface area contributed by atoms with E-state index in [1.54, 1.807) is 0 Å². The second-order valence-corrected chi connectivity index (χ2v) is 10.7. The lowest BCUT2D eigenvalue weighted by atomic mass is 9.90. The summed E-state index contributed by atoms with van der Waals surface area (Å²) in [4.78, 5) is 27.1. The highest BCUT2D eigenvalue weighted by atomic mass is 16.2. The second kappa shape index (κ2) is 7.51. The van der Waals surface area contributed by atoms with Gasteiger partial charge >= 0.3 is 0 Å². The molecular formula is C27H32N4O.